The second-order valence-electron chi connectivity index (χ2n) is 4.73. The van der Waals surface area contributed by atoms with E-state index in [9.17, 15) is 10.1 Å². The molecule has 104 valence electrons. The van der Waals surface area contributed by atoms with Crippen molar-refractivity contribution < 1.29 is 9.66 Å². The highest BCUT2D eigenvalue weighted by molar-refractivity contribution is 6.30. The Morgan fingerprint density at radius 1 is 1.47 bits per heavy atom. The Balaban J connectivity index is 1.73. The van der Waals surface area contributed by atoms with E-state index in [1.165, 1.54) is 18.9 Å². The summed E-state index contributed by atoms with van der Waals surface area (Å²) in [5.74, 6) is 0.761. The van der Waals surface area contributed by atoms with Crippen LogP contribution in [0.1, 0.15) is 18.4 Å². The molecule has 0 radical (unpaired) electrons. The molecule has 0 aliphatic heterocycles. The zero-order valence-corrected chi connectivity index (χ0v) is 11.4. The van der Waals surface area contributed by atoms with E-state index in [4.69, 9.17) is 16.3 Å². The maximum absolute atomic E-state index is 10.9. The molecule has 0 unspecified atom stereocenters. The number of nitrogens with zero attached hydrogens (tertiary/aromatic N) is 1. The predicted molar refractivity (Wildman–Crippen MR) is 73.4 cm³/mol. The summed E-state index contributed by atoms with van der Waals surface area (Å²) in [6.07, 6.45) is 2.56. The number of benzene rings is 1. The van der Waals surface area contributed by atoms with Crippen LogP contribution in [0.15, 0.2) is 18.2 Å². The fourth-order valence-electron chi connectivity index (χ4n) is 1.76. The zero-order valence-electron chi connectivity index (χ0n) is 10.6. The lowest BCUT2D eigenvalue weighted by molar-refractivity contribution is -0.385. The molecule has 1 N–H and O–H groups in total. The van der Waals surface area contributed by atoms with Gasteiger partial charge in [0.15, 0.2) is 0 Å². The van der Waals surface area contributed by atoms with E-state index in [1.54, 1.807) is 12.1 Å². The normalized spacial score (nSPS) is 14.6. The van der Waals surface area contributed by atoms with E-state index in [0.717, 1.165) is 12.5 Å². The summed E-state index contributed by atoms with van der Waals surface area (Å²) in [6, 6.07) is 4.72. The number of nitro benzene ring substituents is 1. The minimum atomic E-state index is -0.410. The molecule has 1 aromatic rings. The highest BCUT2D eigenvalue weighted by Gasteiger charge is 2.20. The van der Waals surface area contributed by atoms with E-state index in [0.29, 0.717) is 30.3 Å². The van der Waals surface area contributed by atoms with Crippen molar-refractivity contribution in [2.75, 3.05) is 19.8 Å². The molecule has 1 aliphatic carbocycles. The summed E-state index contributed by atoms with van der Waals surface area (Å²) < 4.78 is 5.47. The highest BCUT2D eigenvalue weighted by atomic mass is 35.5. The number of rotatable bonds is 8. The molecule has 0 saturated heterocycles. The van der Waals surface area contributed by atoms with Gasteiger partial charge in [0, 0.05) is 36.3 Å². The van der Waals surface area contributed by atoms with Crippen molar-refractivity contribution in [3.8, 4) is 0 Å². The standard InChI is InChI=1S/C13H17ClN2O3/c14-12-4-3-11(13(7-12)16(17)18)8-15-5-6-19-9-10-1-2-10/h3-4,7,10,15H,1-2,5-6,8-9H2. The van der Waals surface area contributed by atoms with Gasteiger partial charge >= 0.3 is 0 Å². The molecular formula is C13H17ClN2O3. The van der Waals surface area contributed by atoms with Gasteiger partial charge in [-0.3, -0.25) is 10.1 Å². The molecule has 1 aliphatic rings. The van der Waals surface area contributed by atoms with Crippen molar-refractivity contribution in [2.24, 2.45) is 5.92 Å². The molecule has 1 fully saturated rings. The maximum Gasteiger partial charge on any atom is 0.275 e. The number of nitrogens with one attached hydrogen (secondary N) is 1. The van der Waals surface area contributed by atoms with Gasteiger partial charge < -0.3 is 10.1 Å². The SMILES string of the molecule is O=[N+]([O-])c1cc(Cl)ccc1CNCCOCC1CC1. The third kappa shape index (κ3) is 4.78. The summed E-state index contributed by atoms with van der Waals surface area (Å²) >= 11 is 5.75. The van der Waals surface area contributed by atoms with Crippen molar-refractivity contribution in [3.63, 3.8) is 0 Å². The first-order valence-corrected chi connectivity index (χ1v) is 6.76. The quantitative estimate of drug-likeness (QED) is 0.453. The number of hydrogen-bond donors (Lipinski definition) is 1. The number of hydrogen-bond acceptors (Lipinski definition) is 4. The van der Waals surface area contributed by atoms with Gasteiger partial charge in [-0.1, -0.05) is 11.6 Å². The molecule has 0 amide bonds. The van der Waals surface area contributed by atoms with Gasteiger partial charge in [0.1, 0.15) is 0 Å². The third-order valence-electron chi connectivity index (χ3n) is 3.03. The van der Waals surface area contributed by atoms with Crippen LogP contribution in [0.4, 0.5) is 5.69 Å². The lowest BCUT2D eigenvalue weighted by Crippen LogP contribution is -2.20. The molecule has 1 aromatic carbocycles. The Bertz CT molecular complexity index is 450. The van der Waals surface area contributed by atoms with Crippen LogP contribution in [0.5, 0.6) is 0 Å². The Morgan fingerprint density at radius 2 is 2.26 bits per heavy atom. The fourth-order valence-corrected chi connectivity index (χ4v) is 1.92. The number of nitro groups is 1. The number of ether oxygens (including phenoxy) is 1. The molecule has 0 spiro atoms. The van der Waals surface area contributed by atoms with Crippen LogP contribution in [-0.2, 0) is 11.3 Å². The van der Waals surface area contributed by atoms with Gasteiger partial charge in [-0.2, -0.15) is 0 Å². The average molecular weight is 285 g/mol. The molecule has 0 bridgehead atoms. The summed E-state index contributed by atoms with van der Waals surface area (Å²) in [5, 5.41) is 14.4. The largest absolute Gasteiger partial charge is 0.380 e. The van der Waals surface area contributed by atoms with E-state index in [2.05, 4.69) is 5.32 Å². The van der Waals surface area contributed by atoms with Gasteiger partial charge in [0.2, 0.25) is 0 Å². The molecule has 2 rings (SSSR count). The molecule has 0 aromatic heterocycles. The topological polar surface area (TPSA) is 64.4 Å². The minimum absolute atomic E-state index is 0.0545. The van der Waals surface area contributed by atoms with E-state index in [1.807, 2.05) is 0 Å². The van der Waals surface area contributed by atoms with Crippen molar-refractivity contribution >= 4 is 17.3 Å². The summed E-state index contributed by atoms with van der Waals surface area (Å²) in [6.45, 7) is 2.60. The molecule has 5 nitrogen and oxygen atoms in total. The Kier molecular flexibility index (Phi) is 5.13. The van der Waals surface area contributed by atoms with E-state index < -0.39 is 4.92 Å². The summed E-state index contributed by atoms with van der Waals surface area (Å²) in [7, 11) is 0. The molecular weight excluding hydrogens is 268 g/mol. The van der Waals surface area contributed by atoms with Gasteiger partial charge in [-0.25, -0.2) is 0 Å². The van der Waals surface area contributed by atoms with Crippen LogP contribution in [0.3, 0.4) is 0 Å². The maximum atomic E-state index is 10.9. The van der Waals surface area contributed by atoms with Crippen molar-refractivity contribution in [1.29, 1.82) is 0 Å². The Morgan fingerprint density at radius 3 is 2.95 bits per heavy atom. The monoisotopic (exact) mass is 284 g/mol. The molecule has 0 heterocycles. The molecule has 0 atom stereocenters. The number of halogens is 1. The molecule has 19 heavy (non-hydrogen) atoms. The van der Waals surface area contributed by atoms with Crippen molar-refractivity contribution in [3.05, 3.63) is 38.9 Å². The van der Waals surface area contributed by atoms with Crippen LogP contribution >= 0.6 is 11.6 Å². The summed E-state index contributed by atoms with van der Waals surface area (Å²) in [4.78, 5) is 10.5. The fraction of sp³-hybridized carbons (Fsp3) is 0.538. The Labute approximate surface area is 117 Å². The van der Waals surface area contributed by atoms with Crippen LogP contribution in [0.25, 0.3) is 0 Å². The van der Waals surface area contributed by atoms with E-state index in [-0.39, 0.29) is 5.69 Å². The lowest BCUT2D eigenvalue weighted by atomic mass is 10.2. The first-order chi connectivity index (χ1) is 9.16. The Hall–Kier alpha value is -1.17. The van der Waals surface area contributed by atoms with Gasteiger partial charge in [0.05, 0.1) is 11.5 Å². The molecule has 1 saturated carbocycles. The predicted octanol–water partition coefficient (Wildman–Crippen LogP) is 2.76. The smallest absolute Gasteiger partial charge is 0.275 e. The second kappa shape index (κ2) is 6.84. The van der Waals surface area contributed by atoms with Gasteiger partial charge in [-0.05, 0) is 30.9 Å². The van der Waals surface area contributed by atoms with Crippen LogP contribution in [0.2, 0.25) is 5.02 Å². The third-order valence-corrected chi connectivity index (χ3v) is 3.27. The molecule has 6 heteroatoms. The lowest BCUT2D eigenvalue weighted by Gasteiger charge is -2.06. The van der Waals surface area contributed by atoms with Crippen LogP contribution < -0.4 is 5.32 Å². The van der Waals surface area contributed by atoms with Crippen molar-refractivity contribution in [1.82, 2.24) is 5.32 Å². The van der Waals surface area contributed by atoms with E-state index >= 15 is 0 Å². The zero-order chi connectivity index (χ0) is 13.7. The average Bonchev–Trinajstić information content (AvgIpc) is 3.19. The van der Waals surface area contributed by atoms with Crippen LogP contribution in [0, 0.1) is 16.0 Å². The first-order valence-electron chi connectivity index (χ1n) is 6.38. The highest BCUT2D eigenvalue weighted by Crippen LogP contribution is 2.28. The van der Waals surface area contributed by atoms with Crippen LogP contribution in [-0.4, -0.2) is 24.7 Å². The summed E-state index contributed by atoms with van der Waals surface area (Å²) in [5.41, 5.74) is 0.690. The van der Waals surface area contributed by atoms with Crippen molar-refractivity contribution in [2.45, 2.75) is 19.4 Å². The first kappa shape index (κ1) is 14.2. The second-order valence-corrected chi connectivity index (χ2v) is 5.16. The van der Waals surface area contributed by atoms with Gasteiger partial charge in [-0.15, -0.1) is 0 Å². The minimum Gasteiger partial charge on any atom is -0.380 e. The van der Waals surface area contributed by atoms with Gasteiger partial charge in [0.25, 0.3) is 5.69 Å².